The molecule has 0 heterocycles. The standard InChI is InChI=1S/C18H24ClNO6/c1-4-16(25-17(23)11(2)3)26-18(24)20-10-13(9-15(21)22)12-5-7-14(19)8-6-12/h5-8,11,13,16H,4,9-10H2,1-3H3,(H,20,24)(H,21,22)/t13-,16?/m0/s1. The molecular formula is C18H24ClNO6. The number of carbonyl (C=O) groups excluding carboxylic acids is 2. The summed E-state index contributed by atoms with van der Waals surface area (Å²) in [6, 6.07) is 6.73. The van der Waals surface area contributed by atoms with Crippen LogP contribution < -0.4 is 5.32 Å². The Kier molecular flexibility index (Phi) is 8.92. The van der Waals surface area contributed by atoms with E-state index < -0.39 is 30.2 Å². The van der Waals surface area contributed by atoms with Crippen LogP contribution in [0.1, 0.15) is 45.1 Å². The highest BCUT2D eigenvalue weighted by molar-refractivity contribution is 6.30. The molecule has 0 bridgehead atoms. The third-order valence-corrected chi connectivity index (χ3v) is 3.80. The molecule has 1 aromatic carbocycles. The fraction of sp³-hybridized carbons (Fsp3) is 0.500. The van der Waals surface area contributed by atoms with Crippen LogP contribution in [0.5, 0.6) is 0 Å². The number of carbonyl (C=O) groups is 3. The van der Waals surface area contributed by atoms with Crippen LogP contribution in [-0.2, 0) is 19.1 Å². The van der Waals surface area contributed by atoms with Crippen LogP contribution >= 0.6 is 11.6 Å². The molecule has 1 rings (SSSR count). The molecule has 0 radical (unpaired) electrons. The number of hydrogen-bond acceptors (Lipinski definition) is 5. The van der Waals surface area contributed by atoms with E-state index in [1.807, 2.05) is 0 Å². The molecule has 0 saturated carbocycles. The highest BCUT2D eigenvalue weighted by atomic mass is 35.5. The summed E-state index contributed by atoms with van der Waals surface area (Å²) in [6.45, 7) is 5.13. The summed E-state index contributed by atoms with van der Waals surface area (Å²) in [6.07, 6.45) is -1.63. The van der Waals surface area contributed by atoms with Crippen molar-refractivity contribution in [3.8, 4) is 0 Å². The zero-order chi connectivity index (χ0) is 19.7. The number of hydrogen-bond donors (Lipinski definition) is 2. The number of nitrogens with one attached hydrogen (secondary N) is 1. The quantitative estimate of drug-likeness (QED) is 0.497. The molecule has 0 aliphatic rings. The van der Waals surface area contributed by atoms with E-state index in [2.05, 4.69) is 5.32 Å². The van der Waals surface area contributed by atoms with Crippen molar-refractivity contribution in [2.24, 2.45) is 5.92 Å². The van der Waals surface area contributed by atoms with Crippen LogP contribution in [0.4, 0.5) is 4.79 Å². The molecule has 0 aliphatic heterocycles. The van der Waals surface area contributed by atoms with Gasteiger partial charge in [-0.3, -0.25) is 9.59 Å². The van der Waals surface area contributed by atoms with Gasteiger partial charge >= 0.3 is 18.0 Å². The number of alkyl carbamates (subject to hydrolysis) is 1. The number of halogens is 1. The predicted octanol–water partition coefficient (Wildman–Crippen LogP) is 3.56. The van der Waals surface area contributed by atoms with Crippen LogP contribution in [-0.4, -0.2) is 36.0 Å². The summed E-state index contributed by atoms with van der Waals surface area (Å²) in [7, 11) is 0. The molecule has 1 amide bonds. The van der Waals surface area contributed by atoms with Gasteiger partial charge in [-0.05, 0) is 17.7 Å². The van der Waals surface area contributed by atoms with Crippen LogP contribution in [0, 0.1) is 5.92 Å². The molecule has 2 atom stereocenters. The predicted molar refractivity (Wildman–Crippen MR) is 95.9 cm³/mol. The third kappa shape index (κ3) is 7.74. The Bertz CT molecular complexity index is 617. The molecule has 1 unspecified atom stereocenters. The molecule has 26 heavy (non-hydrogen) atoms. The van der Waals surface area contributed by atoms with Crippen LogP contribution in [0.3, 0.4) is 0 Å². The Balaban J connectivity index is 2.63. The zero-order valence-electron chi connectivity index (χ0n) is 15.0. The normalized spacial score (nSPS) is 13.0. The minimum Gasteiger partial charge on any atom is -0.481 e. The van der Waals surface area contributed by atoms with E-state index in [4.69, 9.17) is 26.2 Å². The van der Waals surface area contributed by atoms with E-state index in [1.165, 1.54) is 0 Å². The first-order valence-corrected chi connectivity index (χ1v) is 8.72. The summed E-state index contributed by atoms with van der Waals surface area (Å²) >= 11 is 5.84. The van der Waals surface area contributed by atoms with Crippen molar-refractivity contribution in [1.82, 2.24) is 5.32 Å². The molecule has 0 saturated heterocycles. The van der Waals surface area contributed by atoms with Crippen LogP contribution in [0.15, 0.2) is 24.3 Å². The molecule has 0 aliphatic carbocycles. The molecule has 1 aromatic rings. The number of carboxylic acids is 1. The van der Waals surface area contributed by atoms with Gasteiger partial charge in [0.25, 0.3) is 0 Å². The van der Waals surface area contributed by atoms with E-state index >= 15 is 0 Å². The van der Waals surface area contributed by atoms with Crippen molar-refractivity contribution in [2.75, 3.05) is 6.54 Å². The van der Waals surface area contributed by atoms with Gasteiger partial charge in [0, 0.05) is 23.9 Å². The highest BCUT2D eigenvalue weighted by Gasteiger charge is 2.21. The lowest BCUT2D eigenvalue weighted by Crippen LogP contribution is -2.34. The number of ether oxygens (including phenoxy) is 2. The van der Waals surface area contributed by atoms with E-state index in [1.54, 1.807) is 45.0 Å². The second-order valence-corrected chi connectivity index (χ2v) is 6.50. The monoisotopic (exact) mass is 385 g/mol. The van der Waals surface area contributed by atoms with E-state index in [0.29, 0.717) is 11.4 Å². The third-order valence-electron chi connectivity index (χ3n) is 3.55. The first-order valence-electron chi connectivity index (χ1n) is 8.35. The summed E-state index contributed by atoms with van der Waals surface area (Å²) in [5, 5.41) is 12.1. The minimum absolute atomic E-state index is 0.0569. The number of esters is 1. The second kappa shape index (κ2) is 10.7. The Morgan fingerprint density at radius 1 is 1.15 bits per heavy atom. The van der Waals surface area contributed by atoms with E-state index in [9.17, 15) is 14.4 Å². The first kappa shape index (κ1) is 21.8. The summed E-state index contributed by atoms with van der Waals surface area (Å²) in [5.74, 6) is -2.23. The molecule has 8 heteroatoms. The van der Waals surface area contributed by atoms with E-state index in [0.717, 1.165) is 5.56 Å². The molecule has 2 N–H and O–H groups in total. The first-order chi connectivity index (χ1) is 12.2. The van der Waals surface area contributed by atoms with Crippen molar-refractivity contribution in [3.05, 3.63) is 34.9 Å². The van der Waals surface area contributed by atoms with Gasteiger partial charge in [-0.15, -0.1) is 0 Å². The molecule has 0 aromatic heterocycles. The number of aliphatic carboxylic acids is 1. The smallest absolute Gasteiger partial charge is 0.410 e. The number of carboxylic acid groups (broad SMARTS) is 1. The minimum atomic E-state index is -0.989. The van der Waals surface area contributed by atoms with Crippen molar-refractivity contribution >= 4 is 29.6 Å². The van der Waals surface area contributed by atoms with Gasteiger partial charge in [0.2, 0.25) is 6.29 Å². The Labute approximate surface area is 157 Å². The Morgan fingerprint density at radius 3 is 2.27 bits per heavy atom. The maximum Gasteiger partial charge on any atom is 0.410 e. The SMILES string of the molecule is CCC(OC(=O)NC[C@H](CC(=O)O)c1ccc(Cl)cc1)OC(=O)C(C)C. The zero-order valence-corrected chi connectivity index (χ0v) is 15.8. The largest absolute Gasteiger partial charge is 0.481 e. The van der Waals surface area contributed by atoms with Gasteiger partial charge in [-0.2, -0.15) is 0 Å². The van der Waals surface area contributed by atoms with Crippen molar-refractivity contribution in [2.45, 2.75) is 45.8 Å². The molecule has 144 valence electrons. The van der Waals surface area contributed by atoms with Gasteiger partial charge in [-0.25, -0.2) is 4.79 Å². The van der Waals surface area contributed by atoms with E-state index in [-0.39, 0.29) is 18.9 Å². The Morgan fingerprint density at radius 2 is 1.77 bits per heavy atom. The molecule has 0 fully saturated rings. The lowest BCUT2D eigenvalue weighted by atomic mass is 9.96. The fourth-order valence-corrected chi connectivity index (χ4v) is 2.20. The molecule has 7 nitrogen and oxygen atoms in total. The Hall–Kier alpha value is -2.28. The molecular weight excluding hydrogens is 362 g/mol. The van der Waals surface area contributed by atoms with Crippen LogP contribution in [0.2, 0.25) is 5.02 Å². The maximum absolute atomic E-state index is 11.9. The summed E-state index contributed by atoms with van der Waals surface area (Å²) < 4.78 is 10.1. The second-order valence-electron chi connectivity index (χ2n) is 6.06. The van der Waals surface area contributed by atoms with Crippen LogP contribution in [0.25, 0.3) is 0 Å². The van der Waals surface area contributed by atoms with Gasteiger partial charge in [0.1, 0.15) is 0 Å². The van der Waals surface area contributed by atoms with Crippen molar-refractivity contribution in [1.29, 1.82) is 0 Å². The number of benzene rings is 1. The number of amides is 1. The summed E-state index contributed by atoms with van der Waals surface area (Å²) in [4.78, 5) is 34.6. The van der Waals surface area contributed by atoms with Gasteiger partial charge in [0.15, 0.2) is 0 Å². The summed E-state index contributed by atoms with van der Waals surface area (Å²) in [5.41, 5.74) is 0.732. The number of rotatable bonds is 9. The highest BCUT2D eigenvalue weighted by Crippen LogP contribution is 2.21. The topological polar surface area (TPSA) is 102 Å². The van der Waals surface area contributed by atoms with Gasteiger partial charge < -0.3 is 19.9 Å². The molecule has 0 spiro atoms. The van der Waals surface area contributed by atoms with Gasteiger partial charge in [0.05, 0.1) is 12.3 Å². The fourth-order valence-electron chi connectivity index (χ4n) is 2.08. The average molecular weight is 386 g/mol. The van der Waals surface area contributed by atoms with Gasteiger partial charge in [-0.1, -0.05) is 44.5 Å². The average Bonchev–Trinajstić information content (AvgIpc) is 2.58. The lowest BCUT2D eigenvalue weighted by molar-refractivity contribution is -0.172. The lowest BCUT2D eigenvalue weighted by Gasteiger charge is -2.20. The van der Waals surface area contributed by atoms with Crippen molar-refractivity contribution < 1.29 is 29.0 Å². The van der Waals surface area contributed by atoms with Crippen molar-refractivity contribution in [3.63, 3.8) is 0 Å². The maximum atomic E-state index is 11.9.